The molecule has 0 atom stereocenters. The number of benzene rings is 2. The topological polar surface area (TPSA) is 113 Å². The van der Waals surface area contributed by atoms with E-state index in [0.29, 0.717) is 33.8 Å². The van der Waals surface area contributed by atoms with Crippen molar-refractivity contribution >= 4 is 26.7 Å². The zero-order valence-corrected chi connectivity index (χ0v) is 19.2. The van der Waals surface area contributed by atoms with E-state index in [4.69, 9.17) is 14.2 Å². The van der Waals surface area contributed by atoms with Crippen LogP contribution in [0.1, 0.15) is 23.2 Å². The second-order valence-corrected chi connectivity index (χ2v) is 9.39. The van der Waals surface area contributed by atoms with E-state index in [1.165, 1.54) is 12.1 Å². The maximum absolute atomic E-state index is 12.2. The molecule has 172 valence electrons. The van der Waals surface area contributed by atoms with Crippen LogP contribution in [0.5, 0.6) is 17.2 Å². The third kappa shape index (κ3) is 5.01. The lowest BCUT2D eigenvalue weighted by atomic mass is 10.2. The molecule has 10 heteroatoms. The van der Waals surface area contributed by atoms with E-state index in [2.05, 4.69) is 9.97 Å². The number of esters is 1. The van der Waals surface area contributed by atoms with Crippen LogP contribution in [0.25, 0.3) is 10.9 Å². The van der Waals surface area contributed by atoms with Crippen LogP contribution in [0.2, 0.25) is 0 Å². The minimum Gasteiger partial charge on any atom is -0.483 e. The lowest BCUT2D eigenvalue weighted by Gasteiger charge is -2.11. The number of sulfone groups is 1. The normalized spacial score (nSPS) is 11.5. The Kier molecular flexibility index (Phi) is 6.10. The molecule has 0 bridgehead atoms. The number of ether oxygens (including phenoxy) is 3. The van der Waals surface area contributed by atoms with Gasteiger partial charge in [-0.3, -0.25) is 0 Å². The molecule has 1 N–H and O–H groups in total. The summed E-state index contributed by atoms with van der Waals surface area (Å²) < 4.78 is 42.3. The van der Waals surface area contributed by atoms with Crippen LogP contribution in [0.15, 0.2) is 59.8 Å². The van der Waals surface area contributed by atoms with Gasteiger partial charge in [-0.25, -0.2) is 18.2 Å². The average Bonchev–Trinajstić information content (AvgIpc) is 3.38. The van der Waals surface area contributed by atoms with E-state index < -0.39 is 15.8 Å². The maximum atomic E-state index is 12.2. The average molecular weight is 470 g/mol. The number of nitrogens with zero attached hydrogens (tertiary/aromatic N) is 2. The number of H-pyrrole nitrogens is 1. The first-order chi connectivity index (χ1) is 15.7. The summed E-state index contributed by atoms with van der Waals surface area (Å²) in [7, 11) is -1.43. The third-order valence-electron chi connectivity index (χ3n) is 4.93. The van der Waals surface area contributed by atoms with Crippen molar-refractivity contribution in [1.82, 2.24) is 14.5 Å². The van der Waals surface area contributed by atoms with Crippen molar-refractivity contribution in [3.63, 3.8) is 0 Å². The molecule has 0 amide bonds. The van der Waals surface area contributed by atoms with Crippen molar-refractivity contribution < 1.29 is 27.4 Å². The first-order valence-electron chi connectivity index (χ1n) is 10.2. The van der Waals surface area contributed by atoms with Gasteiger partial charge in [-0.15, -0.1) is 0 Å². The predicted octanol–water partition coefficient (Wildman–Crippen LogP) is 3.85. The van der Waals surface area contributed by atoms with Gasteiger partial charge in [0, 0.05) is 37.1 Å². The molecule has 2 aromatic carbocycles. The second kappa shape index (κ2) is 8.99. The summed E-state index contributed by atoms with van der Waals surface area (Å²) in [5, 5.41) is 0.693. The van der Waals surface area contributed by atoms with Crippen molar-refractivity contribution in [2.75, 3.05) is 12.9 Å². The smallest absolute Gasteiger partial charge is 0.354 e. The Morgan fingerprint density at radius 3 is 2.52 bits per heavy atom. The van der Waals surface area contributed by atoms with Crippen molar-refractivity contribution in [3.05, 3.63) is 66.4 Å². The zero-order chi connectivity index (χ0) is 23.6. The van der Waals surface area contributed by atoms with Gasteiger partial charge in [0.1, 0.15) is 35.4 Å². The van der Waals surface area contributed by atoms with Gasteiger partial charge in [-0.05, 0) is 43.3 Å². The number of carbonyl (C=O) groups is 1. The van der Waals surface area contributed by atoms with E-state index in [-0.39, 0.29) is 18.1 Å². The summed E-state index contributed by atoms with van der Waals surface area (Å²) in [4.78, 5) is 19.7. The minimum atomic E-state index is -3.30. The van der Waals surface area contributed by atoms with E-state index in [1.54, 1.807) is 43.5 Å². The Morgan fingerprint density at radius 1 is 1.12 bits per heavy atom. The number of imidazole rings is 1. The van der Waals surface area contributed by atoms with Gasteiger partial charge < -0.3 is 23.8 Å². The lowest BCUT2D eigenvalue weighted by molar-refractivity contribution is 0.0520. The molecule has 0 aliphatic carbocycles. The van der Waals surface area contributed by atoms with E-state index >= 15 is 0 Å². The van der Waals surface area contributed by atoms with Crippen LogP contribution in [0.3, 0.4) is 0 Å². The SMILES string of the molecule is CCOC(=O)c1cc2cc(Oc3ccc(S(C)(=O)=O)cc3)cc(OCc3nccn3C)c2[nH]1. The second-order valence-electron chi connectivity index (χ2n) is 7.38. The number of nitrogens with one attached hydrogen (secondary N) is 1. The predicted molar refractivity (Wildman–Crippen MR) is 121 cm³/mol. The summed E-state index contributed by atoms with van der Waals surface area (Å²) in [6.07, 6.45) is 4.65. The number of hydrogen-bond donors (Lipinski definition) is 1. The molecule has 0 fully saturated rings. The van der Waals surface area contributed by atoms with Crippen molar-refractivity contribution in [2.45, 2.75) is 18.4 Å². The molecular formula is C23H23N3O6S. The molecule has 0 spiro atoms. The van der Waals surface area contributed by atoms with Crippen LogP contribution in [0.4, 0.5) is 0 Å². The van der Waals surface area contributed by atoms with Gasteiger partial charge in [-0.1, -0.05) is 0 Å². The summed E-state index contributed by atoms with van der Waals surface area (Å²) in [6.45, 7) is 2.20. The quantitative estimate of drug-likeness (QED) is 0.390. The number of aromatic amines is 1. The first-order valence-corrected chi connectivity index (χ1v) is 12.0. The number of aromatic nitrogens is 3. The largest absolute Gasteiger partial charge is 0.483 e. The number of carbonyl (C=O) groups excluding carboxylic acids is 1. The van der Waals surface area contributed by atoms with Crippen LogP contribution in [-0.2, 0) is 28.2 Å². The molecule has 4 aromatic rings. The standard InChI is InChI=1S/C23H23N3O6S/c1-4-30-23(27)19-12-15-11-17(32-16-5-7-18(8-6-16)33(3,28)29)13-20(22(15)25-19)31-14-21-24-9-10-26(21)2/h5-13,25H,4,14H2,1-3H3. The molecule has 9 nitrogen and oxygen atoms in total. The molecule has 33 heavy (non-hydrogen) atoms. The summed E-state index contributed by atoms with van der Waals surface area (Å²) in [5.74, 6) is 1.64. The van der Waals surface area contributed by atoms with Crippen LogP contribution in [-0.4, -0.2) is 41.8 Å². The Morgan fingerprint density at radius 2 is 1.88 bits per heavy atom. The summed E-state index contributed by atoms with van der Waals surface area (Å²) in [6, 6.07) is 11.2. The van der Waals surface area contributed by atoms with Crippen molar-refractivity contribution in [3.8, 4) is 17.2 Å². The van der Waals surface area contributed by atoms with Gasteiger partial charge in [0.25, 0.3) is 0 Å². The molecule has 0 radical (unpaired) electrons. The molecule has 4 rings (SSSR count). The van der Waals surface area contributed by atoms with Crippen LogP contribution < -0.4 is 9.47 Å². The highest BCUT2D eigenvalue weighted by molar-refractivity contribution is 7.90. The fourth-order valence-electron chi connectivity index (χ4n) is 3.24. The Labute approximate surface area is 190 Å². The number of rotatable bonds is 8. The van der Waals surface area contributed by atoms with Gasteiger partial charge in [0.15, 0.2) is 9.84 Å². The van der Waals surface area contributed by atoms with Crippen molar-refractivity contribution in [2.24, 2.45) is 7.05 Å². The number of aryl methyl sites for hydroxylation is 1. The van der Waals surface area contributed by atoms with E-state index in [0.717, 1.165) is 12.1 Å². The molecule has 0 saturated carbocycles. The van der Waals surface area contributed by atoms with Gasteiger partial charge in [0.05, 0.1) is 17.0 Å². The molecule has 0 aliphatic heterocycles. The molecule has 0 saturated heterocycles. The lowest BCUT2D eigenvalue weighted by Crippen LogP contribution is -2.05. The number of fused-ring (bicyclic) bond motifs is 1. The minimum absolute atomic E-state index is 0.203. The Hall–Kier alpha value is -3.79. The third-order valence-corrected chi connectivity index (χ3v) is 6.05. The van der Waals surface area contributed by atoms with Crippen LogP contribution >= 0.6 is 0 Å². The molecular weight excluding hydrogens is 446 g/mol. The van der Waals surface area contributed by atoms with E-state index in [9.17, 15) is 13.2 Å². The zero-order valence-electron chi connectivity index (χ0n) is 18.4. The highest BCUT2D eigenvalue weighted by Crippen LogP contribution is 2.34. The molecule has 0 unspecified atom stereocenters. The monoisotopic (exact) mass is 469 g/mol. The molecule has 0 aliphatic rings. The first kappa shape index (κ1) is 22.4. The van der Waals surface area contributed by atoms with Gasteiger partial charge in [0.2, 0.25) is 0 Å². The highest BCUT2D eigenvalue weighted by Gasteiger charge is 2.16. The van der Waals surface area contributed by atoms with Crippen molar-refractivity contribution in [1.29, 1.82) is 0 Å². The number of hydrogen-bond acceptors (Lipinski definition) is 7. The van der Waals surface area contributed by atoms with Gasteiger partial charge >= 0.3 is 5.97 Å². The maximum Gasteiger partial charge on any atom is 0.354 e. The highest BCUT2D eigenvalue weighted by atomic mass is 32.2. The van der Waals surface area contributed by atoms with Gasteiger partial charge in [-0.2, -0.15) is 0 Å². The fourth-order valence-corrected chi connectivity index (χ4v) is 3.88. The summed E-state index contributed by atoms with van der Waals surface area (Å²) >= 11 is 0. The fraction of sp³-hybridized carbons (Fsp3) is 0.217. The summed E-state index contributed by atoms with van der Waals surface area (Å²) in [5.41, 5.74) is 0.912. The Bertz CT molecular complexity index is 1400. The van der Waals surface area contributed by atoms with Crippen LogP contribution in [0, 0.1) is 0 Å². The molecule has 2 heterocycles. The molecule has 2 aromatic heterocycles. The Balaban J connectivity index is 1.68. The van der Waals surface area contributed by atoms with E-state index in [1.807, 2.05) is 17.8 Å².